The first-order chi connectivity index (χ1) is 12.6. The maximum atomic E-state index is 12.0. The molecule has 2 aromatic carbocycles. The molecule has 1 aliphatic rings. The van der Waals surface area contributed by atoms with Crippen LogP contribution in [0.2, 0.25) is 0 Å². The highest BCUT2D eigenvalue weighted by molar-refractivity contribution is 6.50. The molecule has 0 atom stereocenters. The monoisotopic (exact) mass is 388 g/mol. The van der Waals surface area contributed by atoms with Gasteiger partial charge in [0, 0.05) is 53.4 Å². The maximum absolute atomic E-state index is 12.0. The second kappa shape index (κ2) is 8.39. The van der Waals surface area contributed by atoms with Gasteiger partial charge in [-0.05, 0) is 24.3 Å². The summed E-state index contributed by atoms with van der Waals surface area (Å²) in [6.07, 6.45) is 1.35. The van der Waals surface area contributed by atoms with E-state index in [2.05, 4.69) is 10.2 Å². The van der Waals surface area contributed by atoms with Crippen molar-refractivity contribution in [1.29, 1.82) is 0 Å². The number of carbonyl (C=O) groups is 2. The number of nitrogens with zero attached hydrogens (tertiary/aromatic N) is 1. The molecule has 134 valence electrons. The van der Waals surface area contributed by atoms with Crippen LogP contribution in [0.25, 0.3) is 5.70 Å². The Kier molecular flexibility index (Phi) is 5.96. The van der Waals surface area contributed by atoms with Gasteiger partial charge in [0.15, 0.2) is 0 Å². The van der Waals surface area contributed by atoms with Gasteiger partial charge in [-0.2, -0.15) is 0 Å². The zero-order chi connectivity index (χ0) is 18.5. The number of benzene rings is 2. The van der Waals surface area contributed by atoms with Crippen LogP contribution in [-0.4, -0.2) is 36.4 Å². The van der Waals surface area contributed by atoms with Crippen LogP contribution in [0.5, 0.6) is 0 Å². The minimum atomic E-state index is -0.516. The van der Waals surface area contributed by atoms with E-state index in [0.717, 1.165) is 30.0 Å². The summed E-state index contributed by atoms with van der Waals surface area (Å²) in [4.78, 5) is 26.1. The maximum Gasteiger partial charge on any atom is 0.233 e. The summed E-state index contributed by atoms with van der Waals surface area (Å²) in [6.45, 7) is 1.44. The van der Waals surface area contributed by atoms with Crippen molar-refractivity contribution in [2.45, 2.75) is 0 Å². The number of rotatable bonds is 7. The van der Waals surface area contributed by atoms with E-state index in [1.807, 2.05) is 36.4 Å². The number of ketones is 2. The van der Waals surface area contributed by atoms with Gasteiger partial charge >= 0.3 is 0 Å². The van der Waals surface area contributed by atoms with E-state index in [-0.39, 0.29) is 0 Å². The summed E-state index contributed by atoms with van der Waals surface area (Å²) in [7, 11) is 0. The van der Waals surface area contributed by atoms with Gasteiger partial charge in [0.1, 0.15) is 0 Å². The molecule has 2 aromatic rings. The minimum absolute atomic E-state index is 0.425. The van der Waals surface area contributed by atoms with Crippen molar-refractivity contribution in [2.75, 3.05) is 35.1 Å². The van der Waals surface area contributed by atoms with Gasteiger partial charge in [-0.25, -0.2) is 0 Å². The first kappa shape index (κ1) is 18.5. The average molecular weight is 389 g/mol. The molecule has 1 aliphatic carbocycles. The predicted octanol–water partition coefficient (Wildman–Crippen LogP) is 4.19. The lowest BCUT2D eigenvalue weighted by Gasteiger charge is -2.23. The summed E-state index contributed by atoms with van der Waals surface area (Å²) in [5.74, 6) is 0.0606. The Hall–Kier alpha value is -2.30. The van der Waals surface area contributed by atoms with Crippen molar-refractivity contribution in [3.8, 4) is 0 Å². The Balaban J connectivity index is 1.82. The standard InChI is InChI=1S/C20H18Cl2N2O2/c21-9-11-24(12-10-22)15-7-5-14(6-8-15)23-18-13-19(25)20(26)17-4-2-1-3-16(17)18/h1-8,13,23H,9-12H2. The van der Waals surface area contributed by atoms with Crippen LogP contribution in [0.1, 0.15) is 15.9 Å². The molecule has 26 heavy (non-hydrogen) atoms. The molecule has 0 heterocycles. The average Bonchev–Trinajstić information content (AvgIpc) is 2.66. The highest BCUT2D eigenvalue weighted by Crippen LogP contribution is 2.27. The summed E-state index contributed by atoms with van der Waals surface area (Å²) in [5.41, 5.74) is 3.63. The number of halogens is 2. The van der Waals surface area contributed by atoms with Gasteiger partial charge in [-0.3, -0.25) is 9.59 Å². The van der Waals surface area contributed by atoms with E-state index in [4.69, 9.17) is 23.2 Å². The minimum Gasteiger partial charge on any atom is -0.369 e. The fourth-order valence-electron chi connectivity index (χ4n) is 2.91. The molecule has 0 spiro atoms. The van der Waals surface area contributed by atoms with Crippen LogP contribution in [0.3, 0.4) is 0 Å². The zero-order valence-corrected chi connectivity index (χ0v) is 15.6. The van der Waals surface area contributed by atoms with Crippen LogP contribution in [-0.2, 0) is 4.79 Å². The van der Waals surface area contributed by atoms with Crippen LogP contribution < -0.4 is 10.2 Å². The highest BCUT2D eigenvalue weighted by atomic mass is 35.5. The van der Waals surface area contributed by atoms with Gasteiger partial charge in [0.25, 0.3) is 0 Å². The third kappa shape index (κ3) is 3.92. The number of fused-ring (bicyclic) bond motifs is 1. The van der Waals surface area contributed by atoms with E-state index in [1.54, 1.807) is 12.1 Å². The predicted molar refractivity (Wildman–Crippen MR) is 107 cm³/mol. The molecular weight excluding hydrogens is 371 g/mol. The molecule has 0 saturated carbocycles. The van der Waals surface area contributed by atoms with Crippen molar-refractivity contribution in [1.82, 2.24) is 0 Å². The Bertz CT molecular complexity index is 841. The molecule has 3 rings (SSSR count). The van der Waals surface area contributed by atoms with E-state index in [0.29, 0.717) is 23.0 Å². The molecule has 0 bridgehead atoms. The molecule has 4 nitrogen and oxygen atoms in total. The third-order valence-electron chi connectivity index (χ3n) is 4.18. The van der Waals surface area contributed by atoms with Gasteiger partial charge in [-0.15, -0.1) is 23.2 Å². The van der Waals surface area contributed by atoms with E-state index >= 15 is 0 Å². The van der Waals surface area contributed by atoms with Crippen LogP contribution in [0, 0.1) is 0 Å². The summed E-state index contributed by atoms with van der Waals surface area (Å²) < 4.78 is 0. The number of hydrogen-bond donors (Lipinski definition) is 1. The summed E-state index contributed by atoms with van der Waals surface area (Å²) in [5, 5.41) is 3.24. The normalized spacial score (nSPS) is 13.2. The van der Waals surface area contributed by atoms with Gasteiger partial charge < -0.3 is 10.2 Å². The molecule has 0 amide bonds. The third-order valence-corrected chi connectivity index (χ3v) is 4.52. The quantitative estimate of drug-likeness (QED) is 0.570. The Labute approximate surface area is 162 Å². The van der Waals surface area contributed by atoms with Crippen molar-refractivity contribution < 1.29 is 9.59 Å². The molecule has 0 radical (unpaired) electrons. The molecule has 0 aromatic heterocycles. The number of carbonyl (C=O) groups excluding carboxylic acids is 2. The number of nitrogens with one attached hydrogen (secondary N) is 1. The molecule has 0 unspecified atom stereocenters. The Morgan fingerprint density at radius 2 is 1.46 bits per heavy atom. The van der Waals surface area contributed by atoms with Crippen molar-refractivity contribution in [2.24, 2.45) is 0 Å². The highest BCUT2D eigenvalue weighted by Gasteiger charge is 2.25. The molecular formula is C20H18Cl2N2O2. The molecule has 0 saturated heterocycles. The Morgan fingerprint density at radius 3 is 2.08 bits per heavy atom. The SMILES string of the molecule is O=C1C=C(Nc2ccc(N(CCCl)CCCl)cc2)c2ccccc2C1=O. The number of alkyl halides is 2. The molecule has 0 fully saturated rings. The Morgan fingerprint density at radius 1 is 0.846 bits per heavy atom. The second-order valence-electron chi connectivity index (χ2n) is 5.83. The largest absolute Gasteiger partial charge is 0.369 e. The lowest BCUT2D eigenvalue weighted by molar-refractivity contribution is -0.111. The van der Waals surface area contributed by atoms with Gasteiger partial charge in [0.05, 0.1) is 5.70 Å². The van der Waals surface area contributed by atoms with E-state index < -0.39 is 11.6 Å². The van der Waals surface area contributed by atoms with Gasteiger partial charge in [-0.1, -0.05) is 24.3 Å². The second-order valence-corrected chi connectivity index (χ2v) is 6.59. The van der Waals surface area contributed by atoms with Crippen molar-refractivity contribution in [3.05, 3.63) is 65.7 Å². The van der Waals surface area contributed by atoms with Gasteiger partial charge in [0.2, 0.25) is 11.6 Å². The molecule has 6 heteroatoms. The summed E-state index contributed by atoms with van der Waals surface area (Å²) in [6, 6.07) is 14.9. The van der Waals surface area contributed by atoms with E-state index in [9.17, 15) is 9.59 Å². The lowest BCUT2D eigenvalue weighted by atomic mass is 9.92. The smallest absolute Gasteiger partial charge is 0.233 e. The number of hydrogen-bond acceptors (Lipinski definition) is 4. The van der Waals surface area contributed by atoms with E-state index in [1.165, 1.54) is 6.08 Å². The summed E-state index contributed by atoms with van der Waals surface area (Å²) >= 11 is 11.7. The first-order valence-corrected chi connectivity index (χ1v) is 9.34. The van der Waals surface area contributed by atoms with Crippen molar-refractivity contribution >= 4 is 51.8 Å². The van der Waals surface area contributed by atoms with Crippen LogP contribution in [0.15, 0.2) is 54.6 Å². The van der Waals surface area contributed by atoms with Crippen LogP contribution >= 0.6 is 23.2 Å². The number of anilines is 2. The number of allylic oxidation sites excluding steroid dienone is 1. The fourth-order valence-corrected chi connectivity index (χ4v) is 3.32. The first-order valence-electron chi connectivity index (χ1n) is 8.27. The molecule has 1 N–H and O–H groups in total. The number of Topliss-reactive ketones (excluding diaryl/α,β-unsaturated/α-hetero) is 1. The van der Waals surface area contributed by atoms with Crippen molar-refractivity contribution in [3.63, 3.8) is 0 Å². The van der Waals surface area contributed by atoms with Crippen LogP contribution in [0.4, 0.5) is 11.4 Å². The topological polar surface area (TPSA) is 49.4 Å². The molecule has 0 aliphatic heterocycles. The fraction of sp³-hybridized carbons (Fsp3) is 0.200. The zero-order valence-electron chi connectivity index (χ0n) is 14.0. The lowest BCUT2D eigenvalue weighted by Crippen LogP contribution is -2.27.